The van der Waals surface area contributed by atoms with Crippen LogP contribution in [0.2, 0.25) is 0 Å². The number of carbonyl (C=O) groups is 2. The van der Waals surface area contributed by atoms with Gasteiger partial charge < -0.3 is 10.8 Å². The number of hydrogen-bond donors (Lipinski definition) is 2. The first-order valence-electron chi connectivity index (χ1n) is 7.30. The number of Topliss-reactive ketones (excluding diaryl/α,β-unsaturated/α-hetero) is 1. The van der Waals surface area contributed by atoms with Crippen molar-refractivity contribution in [2.45, 2.75) is 40.0 Å². The van der Waals surface area contributed by atoms with Crippen LogP contribution in [0.25, 0.3) is 0 Å². The highest BCUT2D eigenvalue weighted by Gasteiger charge is 2.61. The summed E-state index contributed by atoms with van der Waals surface area (Å²) in [5.74, 6) is 0.263. The summed E-state index contributed by atoms with van der Waals surface area (Å²) in [6.45, 7) is 6.67. The Bertz CT molecular complexity index is 562. The molecule has 2 aliphatic carbocycles. The molecule has 2 aliphatic rings. The highest BCUT2D eigenvalue weighted by atomic mass is 16.4. The van der Waals surface area contributed by atoms with Crippen molar-refractivity contribution < 1.29 is 14.7 Å². The van der Waals surface area contributed by atoms with Crippen LogP contribution in [0, 0.1) is 16.7 Å². The molecule has 2 atom stereocenters. The van der Waals surface area contributed by atoms with E-state index < -0.39 is 5.97 Å². The largest absolute Gasteiger partial charge is 0.478 e. The molecule has 0 heterocycles. The smallest absolute Gasteiger partial charge is 0.335 e. The van der Waals surface area contributed by atoms with E-state index in [0.29, 0.717) is 17.4 Å². The van der Waals surface area contributed by atoms with E-state index in [1.54, 1.807) is 12.1 Å². The fourth-order valence-corrected chi connectivity index (χ4v) is 3.53. The Kier molecular flexibility index (Phi) is 3.83. The lowest BCUT2D eigenvalue weighted by molar-refractivity contribution is -0.128. The lowest BCUT2D eigenvalue weighted by atomic mass is 9.70. The third-order valence-electron chi connectivity index (χ3n) is 5.64. The van der Waals surface area contributed by atoms with Crippen molar-refractivity contribution in [1.82, 2.24) is 0 Å². The van der Waals surface area contributed by atoms with E-state index in [2.05, 4.69) is 20.8 Å². The molecule has 0 aliphatic heterocycles. The monoisotopic (exact) mass is 289 g/mol. The second-order valence-electron chi connectivity index (χ2n) is 6.84. The number of carbonyl (C=O) groups excluding carboxylic acids is 1. The second-order valence-corrected chi connectivity index (χ2v) is 6.84. The van der Waals surface area contributed by atoms with Gasteiger partial charge in [-0.15, -0.1) is 0 Å². The summed E-state index contributed by atoms with van der Waals surface area (Å²) in [5.41, 5.74) is 6.47. The zero-order chi connectivity index (χ0) is 15.8. The molecule has 4 heteroatoms. The topological polar surface area (TPSA) is 80.4 Å². The number of ketones is 1. The number of rotatable bonds is 1. The summed E-state index contributed by atoms with van der Waals surface area (Å²) in [7, 11) is 0. The van der Waals surface area contributed by atoms with E-state index in [1.807, 2.05) is 0 Å². The molecule has 0 radical (unpaired) electrons. The standard InChI is InChI=1S/C10H16O.C7H7NO2/c1-9(2)7-4-5-10(9,3)8(11)6-7;8-6-3-1-5(2-4-6)7(9)10/h7H,4-6H2,1-3H3;1-4H,8H2,(H,9,10)/t7-,10+;/m1./s1. The Balaban J connectivity index is 0.000000155. The highest BCUT2D eigenvalue weighted by molar-refractivity contribution is 5.89. The van der Waals surface area contributed by atoms with Gasteiger partial charge >= 0.3 is 5.97 Å². The summed E-state index contributed by atoms with van der Waals surface area (Å²) in [6.07, 6.45) is 3.25. The SMILES string of the molecule is CC1(C)[C@@H]2CC[C@@]1(C)C(=O)C2.Nc1ccc(C(=O)O)cc1. The van der Waals surface area contributed by atoms with E-state index in [1.165, 1.54) is 18.6 Å². The van der Waals surface area contributed by atoms with Gasteiger partial charge in [-0.05, 0) is 48.4 Å². The first-order chi connectivity index (χ1) is 9.68. The van der Waals surface area contributed by atoms with Gasteiger partial charge in [-0.25, -0.2) is 4.79 Å². The van der Waals surface area contributed by atoms with Crippen LogP contribution >= 0.6 is 0 Å². The molecular formula is C17H23NO3. The van der Waals surface area contributed by atoms with Gasteiger partial charge in [0.25, 0.3) is 0 Å². The summed E-state index contributed by atoms with van der Waals surface area (Å²) in [5, 5.41) is 8.43. The molecule has 2 bridgehead atoms. The van der Waals surface area contributed by atoms with E-state index in [9.17, 15) is 9.59 Å². The average Bonchev–Trinajstić information content (AvgIpc) is 2.73. The molecule has 3 rings (SSSR count). The molecule has 2 saturated carbocycles. The molecule has 0 aromatic heterocycles. The van der Waals surface area contributed by atoms with Gasteiger partial charge in [0.05, 0.1) is 5.56 Å². The number of hydrogen-bond acceptors (Lipinski definition) is 3. The third-order valence-corrected chi connectivity index (χ3v) is 5.64. The van der Waals surface area contributed by atoms with Crippen LogP contribution in [0.4, 0.5) is 5.69 Å². The Hall–Kier alpha value is -1.84. The maximum absolute atomic E-state index is 11.6. The summed E-state index contributed by atoms with van der Waals surface area (Å²) < 4.78 is 0. The average molecular weight is 289 g/mol. The van der Waals surface area contributed by atoms with Crippen LogP contribution in [0.3, 0.4) is 0 Å². The van der Waals surface area contributed by atoms with Crippen molar-refractivity contribution in [2.75, 3.05) is 5.73 Å². The number of nitrogen functional groups attached to an aromatic ring is 1. The number of carboxylic acid groups (broad SMARTS) is 1. The van der Waals surface area contributed by atoms with Crippen LogP contribution < -0.4 is 5.73 Å². The molecule has 2 fully saturated rings. The van der Waals surface area contributed by atoms with Crippen molar-refractivity contribution in [3.05, 3.63) is 29.8 Å². The van der Waals surface area contributed by atoms with Gasteiger partial charge in [-0.3, -0.25) is 4.79 Å². The molecular weight excluding hydrogens is 266 g/mol. The Labute approximate surface area is 125 Å². The number of anilines is 1. The van der Waals surface area contributed by atoms with Gasteiger partial charge in [0, 0.05) is 17.5 Å². The molecule has 0 saturated heterocycles. The fourth-order valence-electron chi connectivity index (χ4n) is 3.53. The lowest BCUT2D eigenvalue weighted by Crippen LogP contribution is -2.32. The van der Waals surface area contributed by atoms with E-state index in [4.69, 9.17) is 10.8 Å². The molecule has 1 aromatic rings. The molecule has 1 aromatic carbocycles. The van der Waals surface area contributed by atoms with Crippen molar-refractivity contribution in [1.29, 1.82) is 0 Å². The summed E-state index contributed by atoms with van der Waals surface area (Å²) >= 11 is 0. The maximum atomic E-state index is 11.6. The Morgan fingerprint density at radius 2 is 1.81 bits per heavy atom. The van der Waals surface area contributed by atoms with Crippen molar-refractivity contribution in [2.24, 2.45) is 16.7 Å². The van der Waals surface area contributed by atoms with E-state index >= 15 is 0 Å². The normalized spacial score (nSPS) is 28.9. The molecule has 114 valence electrons. The van der Waals surface area contributed by atoms with Crippen LogP contribution in [0.1, 0.15) is 50.4 Å². The molecule has 0 spiro atoms. The molecule has 21 heavy (non-hydrogen) atoms. The van der Waals surface area contributed by atoms with Gasteiger partial charge in [-0.1, -0.05) is 20.8 Å². The maximum Gasteiger partial charge on any atom is 0.335 e. The van der Waals surface area contributed by atoms with Crippen LogP contribution in [0.5, 0.6) is 0 Å². The quantitative estimate of drug-likeness (QED) is 0.777. The Morgan fingerprint density at radius 3 is 2.10 bits per heavy atom. The highest BCUT2D eigenvalue weighted by Crippen LogP contribution is 2.63. The first kappa shape index (κ1) is 15.5. The van der Waals surface area contributed by atoms with E-state index in [0.717, 1.165) is 12.8 Å². The predicted molar refractivity (Wildman–Crippen MR) is 82.0 cm³/mol. The van der Waals surface area contributed by atoms with Crippen LogP contribution in [-0.4, -0.2) is 16.9 Å². The minimum atomic E-state index is -0.931. The van der Waals surface area contributed by atoms with Gasteiger partial charge in [0.15, 0.2) is 0 Å². The minimum absolute atomic E-state index is 0.0255. The van der Waals surface area contributed by atoms with Crippen molar-refractivity contribution >= 4 is 17.4 Å². The van der Waals surface area contributed by atoms with Crippen LogP contribution in [0.15, 0.2) is 24.3 Å². The summed E-state index contributed by atoms with van der Waals surface area (Å²) in [4.78, 5) is 21.8. The number of aromatic carboxylic acids is 1. The van der Waals surface area contributed by atoms with Gasteiger partial charge in [0.1, 0.15) is 5.78 Å². The number of benzene rings is 1. The molecule has 4 nitrogen and oxygen atoms in total. The number of nitrogens with two attached hydrogens (primary N) is 1. The third kappa shape index (κ3) is 2.55. The minimum Gasteiger partial charge on any atom is -0.478 e. The first-order valence-corrected chi connectivity index (χ1v) is 7.30. The number of fused-ring (bicyclic) bond motifs is 2. The lowest BCUT2D eigenvalue weighted by Gasteiger charge is -2.32. The van der Waals surface area contributed by atoms with Crippen molar-refractivity contribution in [3.63, 3.8) is 0 Å². The van der Waals surface area contributed by atoms with Crippen LogP contribution in [-0.2, 0) is 4.79 Å². The second kappa shape index (κ2) is 5.17. The molecule has 0 unspecified atom stereocenters. The van der Waals surface area contributed by atoms with E-state index in [-0.39, 0.29) is 16.4 Å². The number of carboxylic acids is 1. The molecule has 3 N–H and O–H groups in total. The summed E-state index contributed by atoms with van der Waals surface area (Å²) in [6, 6.07) is 6.06. The zero-order valence-corrected chi connectivity index (χ0v) is 12.8. The van der Waals surface area contributed by atoms with Gasteiger partial charge in [0.2, 0.25) is 0 Å². The fraction of sp³-hybridized carbons (Fsp3) is 0.529. The van der Waals surface area contributed by atoms with Crippen molar-refractivity contribution in [3.8, 4) is 0 Å². The van der Waals surface area contributed by atoms with Gasteiger partial charge in [-0.2, -0.15) is 0 Å². The predicted octanol–water partition coefficient (Wildman–Crippen LogP) is 3.37. The zero-order valence-electron chi connectivity index (χ0n) is 12.8. The Morgan fingerprint density at radius 1 is 1.24 bits per heavy atom. The molecule has 0 amide bonds.